The second kappa shape index (κ2) is 5.29. The van der Waals surface area contributed by atoms with Crippen molar-refractivity contribution in [1.29, 1.82) is 0 Å². The zero-order valence-electron chi connectivity index (χ0n) is 8.63. The van der Waals surface area contributed by atoms with Crippen LogP contribution in [0.1, 0.15) is 31.4 Å². The summed E-state index contributed by atoms with van der Waals surface area (Å²) in [4.78, 5) is 0. The van der Waals surface area contributed by atoms with E-state index in [-0.39, 0.29) is 5.02 Å². The molecule has 1 nitrogen and oxygen atoms in total. The highest BCUT2D eigenvalue weighted by Crippen LogP contribution is 2.29. The maximum atomic E-state index is 13.1. The maximum absolute atomic E-state index is 13.1. The molecule has 0 bridgehead atoms. The molecule has 15 heavy (non-hydrogen) atoms. The molecule has 0 radical (unpaired) electrons. The van der Waals surface area contributed by atoms with E-state index in [0.717, 1.165) is 12.0 Å². The lowest BCUT2D eigenvalue weighted by Gasteiger charge is -2.13. The Morgan fingerprint density at radius 3 is 2.87 bits per heavy atom. The Morgan fingerprint density at radius 2 is 2.27 bits per heavy atom. The number of rotatable bonds is 4. The van der Waals surface area contributed by atoms with Gasteiger partial charge in [0.25, 0.3) is 0 Å². The van der Waals surface area contributed by atoms with Crippen LogP contribution >= 0.6 is 11.6 Å². The van der Waals surface area contributed by atoms with E-state index in [2.05, 4.69) is 6.58 Å². The van der Waals surface area contributed by atoms with Gasteiger partial charge in [0.2, 0.25) is 0 Å². The number of hydrogen-bond donors (Lipinski definition) is 1. The van der Waals surface area contributed by atoms with E-state index in [4.69, 9.17) is 11.6 Å². The first-order valence-corrected chi connectivity index (χ1v) is 5.22. The molecule has 0 saturated heterocycles. The predicted octanol–water partition coefficient (Wildman–Crippen LogP) is 3.87. The molecule has 1 aromatic carbocycles. The molecule has 0 spiro atoms. The van der Waals surface area contributed by atoms with Crippen LogP contribution in [0.4, 0.5) is 4.39 Å². The molecule has 0 aliphatic rings. The summed E-state index contributed by atoms with van der Waals surface area (Å²) < 4.78 is 13.1. The average molecular weight is 229 g/mol. The van der Waals surface area contributed by atoms with Gasteiger partial charge >= 0.3 is 0 Å². The Kier molecular flexibility index (Phi) is 4.30. The number of aliphatic hydroxyl groups excluding tert-OH is 1. The molecule has 0 aliphatic heterocycles. The zero-order valence-corrected chi connectivity index (χ0v) is 9.39. The fourth-order valence-electron chi connectivity index (χ4n) is 1.31. The second-order valence-corrected chi connectivity index (χ2v) is 3.84. The Hall–Kier alpha value is -0.860. The van der Waals surface area contributed by atoms with E-state index in [9.17, 15) is 9.50 Å². The Morgan fingerprint density at radius 1 is 1.60 bits per heavy atom. The third kappa shape index (κ3) is 3.05. The minimum absolute atomic E-state index is 0.00565. The fourth-order valence-corrected chi connectivity index (χ4v) is 1.56. The number of aliphatic hydroxyl groups is 1. The van der Waals surface area contributed by atoms with Crippen LogP contribution in [-0.2, 0) is 0 Å². The van der Waals surface area contributed by atoms with E-state index < -0.39 is 11.9 Å². The molecule has 1 atom stereocenters. The molecule has 0 fully saturated rings. The van der Waals surface area contributed by atoms with Gasteiger partial charge < -0.3 is 5.11 Å². The first kappa shape index (κ1) is 12.2. The number of halogens is 2. The molecule has 1 N–H and O–H groups in total. The minimum Gasteiger partial charge on any atom is -0.388 e. The monoisotopic (exact) mass is 228 g/mol. The highest BCUT2D eigenvalue weighted by Gasteiger charge is 2.14. The van der Waals surface area contributed by atoms with E-state index in [1.165, 1.54) is 12.1 Å². The van der Waals surface area contributed by atoms with Gasteiger partial charge in [-0.2, -0.15) is 0 Å². The van der Waals surface area contributed by atoms with Gasteiger partial charge in [0.05, 0.1) is 11.1 Å². The topological polar surface area (TPSA) is 20.2 Å². The van der Waals surface area contributed by atoms with Crippen LogP contribution in [0.15, 0.2) is 30.4 Å². The van der Waals surface area contributed by atoms with Crippen molar-refractivity contribution in [2.24, 2.45) is 0 Å². The number of hydrogen-bond acceptors (Lipinski definition) is 1. The van der Waals surface area contributed by atoms with Gasteiger partial charge in [-0.15, -0.1) is 0 Å². The van der Waals surface area contributed by atoms with Crippen LogP contribution < -0.4 is 0 Å². The minimum atomic E-state index is -0.777. The first-order chi connectivity index (χ1) is 7.06. The van der Waals surface area contributed by atoms with E-state index >= 15 is 0 Å². The maximum Gasteiger partial charge on any atom is 0.142 e. The van der Waals surface area contributed by atoms with Crippen molar-refractivity contribution >= 4 is 11.6 Å². The molecule has 0 amide bonds. The fraction of sp³-hybridized carbons (Fsp3) is 0.333. The molecule has 0 aromatic heterocycles. The van der Waals surface area contributed by atoms with Gasteiger partial charge in [-0.25, -0.2) is 4.39 Å². The van der Waals surface area contributed by atoms with Crippen molar-refractivity contribution in [3.8, 4) is 0 Å². The van der Waals surface area contributed by atoms with Crippen LogP contribution in [0.3, 0.4) is 0 Å². The average Bonchev–Trinajstić information content (AvgIpc) is 2.21. The standard InChI is InChI=1S/C12H14ClFO/c1-3-8(2)7-11(15)9-5-4-6-10(14)12(9)13/h4-6,11,15H,2-3,7H2,1H3. The molecule has 1 rings (SSSR count). The van der Waals surface area contributed by atoms with E-state index in [1.54, 1.807) is 6.07 Å². The van der Waals surface area contributed by atoms with Crippen molar-refractivity contribution < 1.29 is 9.50 Å². The second-order valence-electron chi connectivity index (χ2n) is 3.47. The summed E-state index contributed by atoms with van der Waals surface area (Å²) in [5.74, 6) is -0.504. The van der Waals surface area contributed by atoms with Crippen LogP contribution in [0.25, 0.3) is 0 Å². The van der Waals surface area contributed by atoms with Gasteiger partial charge in [0.15, 0.2) is 0 Å². The van der Waals surface area contributed by atoms with Crippen LogP contribution in [-0.4, -0.2) is 5.11 Å². The molecule has 82 valence electrons. The zero-order chi connectivity index (χ0) is 11.4. The van der Waals surface area contributed by atoms with Crippen molar-refractivity contribution in [3.05, 3.63) is 46.8 Å². The molecule has 0 saturated carbocycles. The van der Waals surface area contributed by atoms with E-state index in [0.29, 0.717) is 12.0 Å². The van der Waals surface area contributed by atoms with Gasteiger partial charge in [0.1, 0.15) is 5.82 Å². The lowest BCUT2D eigenvalue weighted by molar-refractivity contribution is 0.177. The van der Waals surface area contributed by atoms with Crippen molar-refractivity contribution in [1.82, 2.24) is 0 Å². The van der Waals surface area contributed by atoms with Gasteiger partial charge in [-0.1, -0.05) is 42.8 Å². The Labute approximate surface area is 94.2 Å². The molecule has 3 heteroatoms. The number of benzene rings is 1. The van der Waals surface area contributed by atoms with Crippen LogP contribution in [0.2, 0.25) is 5.02 Å². The van der Waals surface area contributed by atoms with Crippen LogP contribution in [0.5, 0.6) is 0 Å². The van der Waals surface area contributed by atoms with Crippen molar-refractivity contribution in [2.75, 3.05) is 0 Å². The largest absolute Gasteiger partial charge is 0.388 e. The van der Waals surface area contributed by atoms with E-state index in [1.807, 2.05) is 6.92 Å². The molecular weight excluding hydrogens is 215 g/mol. The molecule has 1 unspecified atom stereocenters. The third-order valence-corrected chi connectivity index (χ3v) is 2.72. The molecular formula is C12H14ClFO. The van der Waals surface area contributed by atoms with Gasteiger partial charge in [-0.05, 0) is 18.9 Å². The highest BCUT2D eigenvalue weighted by molar-refractivity contribution is 6.31. The highest BCUT2D eigenvalue weighted by atomic mass is 35.5. The first-order valence-electron chi connectivity index (χ1n) is 4.84. The SMILES string of the molecule is C=C(CC)CC(O)c1cccc(F)c1Cl. The summed E-state index contributed by atoms with van der Waals surface area (Å²) in [5, 5.41) is 9.81. The van der Waals surface area contributed by atoms with Gasteiger partial charge in [-0.3, -0.25) is 0 Å². The molecule has 0 heterocycles. The Balaban J connectivity index is 2.86. The lowest BCUT2D eigenvalue weighted by atomic mass is 10.0. The normalized spacial score (nSPS) is 12.5. The summed E-state index contributed by atoms with van der Waals surface area (Å²) in [7, 11) is 0. The molecule has 0 aliphatic carbocycles. The summed E-state index contributed by atoms with van der Waals surface area (Å²) in [6.07, 6.45) is 0.435. The summed E-state index contributed by atoms with van der Waals surface area (Å²) in [5.41, 5.74) is 1.34. The summed E-state index contributed by atoms with van der Waals surface area (Å²) in [6.45, 7) is 5.75. The molecule has 1 aromatic rings. The quantitative estimate of drug-likeness (QED) is 0.776. The summed E-state index contributed by atoms with van der Waals surface area (Å²) >= 11 is 5.75. The predicted molar refractivity (Wildman–Crippen MR) is 60.4 cm³/mol. The van der Waals surface area contributed by atoms with Gasteiger partial charge in [0, 0.05) is 5.56 Å². The third-order valence-electron chi connectivity index (χ3n) is 2.32. The lowest BCUT2D eigenvalue weighted by Crippen LogP contribution is -2.00. The summed E-state index contributed by atoms with van der Waals surface area (Å²) in [6, 6.07) is 4.43. The van der Waals surface area contributed by atoms with Crippen molar-refractivity contribution in [2.45, 2.75) is 25.9 Å². The Bertz CT molecular complexity index is 363. The van der Waals surface area contributed by atoms with Crippen LogP contribution in [0, 0.1) is 5.82 Å². The van der Waals surface area contributed by atoms with Crippen molar-refractivity contribution in [3.63, 3.8) is 0 Å². The smallest absolute Gasteiger partial charge is 0.142 e.